The van der Waals surface area contributed by atoms with Crippen LogP contribution >= 0.6 is 23.8 Å². The number of aromatic nitrogens is 3. The number of rotatable bonds is 7. The van der Waals surface area contributed by atoms with Gasteiger partial charge in [-0.25, -0.2) is 0 Å². The predicted molar refractivity (Wildman–Crippen MR) is 92.1 cm³/mol. The number of ether oxygens (including phenoxy) is 1. The molecule has 2 rings (SSSR count). The maximum absolute atomic E-state index is 12.1. The van der Waals surface area contributed by atoms with Crippen molar-refractivity contribution < 1.29 is 14.3 Å². The van der Waals surface area contributed by atoms with Gasteiger partial charge in [-0.3, -0.25) is 19.3 Å². The minimum atomic E-state index is -0.300. The van der Waals surface area contributed by atoms with E-state index in [4.69, 9.17) is 23.8 Å². The molecule has 2 N–H and O–H groups in total. The average molecular weight is 369 g/mol. The van der Waals surface area contributed by atoms with Crippen molar-refractivity contribution in [3.05, 3.63) is 34.1 Å². The number of hydrogen-bond donors (Lipinski definition) is 2. The van der Waals surface area contributed by atoms with Gasteiger partial charge in [-0.05, 0) is 42.9 Å². The topological polar surface area (TPSA) is 89.0 Å². The van der Waals surface area contributed by atoms with Crippen molar-refractivity contribution >= 4 is 35.7 Å². The number of hydrogen-bond acceptors (Lipinski definition) is 5. The first-order valence-electron chi connectivity index (χ1n) is 7.26. The van der Waals surface area contributed by atoms with Gasteiger partial charge in [-0.1, -0.05) is 11.6 Å². The molecule has 0 radical (unpaired) electrons. The lowest BCUT2D eigenvalue weighted by Gasteiger charge is -2.08. The predicted octanol–water partition coefficient (Wildman–Crippen LogP) is 2.33. The van der Waals surface area contributed by atoms with E-state index < -0.39 is 0 Å². The molecule has 1 aromatic heterocycles. The third-order valence-corrected chi connectivity index (χ3v) is 3.83. The van der Waals surface area contributed by atoms with Crippen LogP contribution in [-0.2, 0) is 20.9 Å². The zero-order valence-electron chi connectivity index (χ0n) is 13.0. The van der Waals surface area contributed by atoms with Gasteiger partial charge in [0.05, 0.1) is 7.11 Å². The normalized spacial score (nSPS) is 10.4. The van der Waals surface area contributed by atoms with E-state index in [-0.39, 0.29) is 24.8 Å². The van der Waals surface area contributed by atoms with Gasteiger partial charge in [0.2, 0.25) is 5.91 Å². The van der Waals surface area contributed by atoms with Crippen molar-refractivity contribution in [3.63, 3.8) is 0 Å². The van der Waals surface area contributed by atoms with Crippen LogP contribution in [0.2, 0.25) is 5.02 Å². The zero-order chi connectivity index (χ0) is 17.5. The largest absolute Gasteiger partial charge is 0.469 e. The van der Waals surface area contributed by atoms with Crippen LogP contribution in [0.15, 0.2) is 24.3 Å². The highest BCUT2D eigenvalue weighted by Crippen LogP contribution is 2.19. The first kappa shape index (κ1) is 18.2. The summed E-state index contributed by atoms with van der Waals surface area (Å²) >= 11 is 11.1. The zero-order valence-corrected chi connectivity index (χ0v) is 14.6. The summed E-state index contributed by atoms with van der Waals surface area (Å²) in [6, 6.07) is 7.09. The number of H-pyrrole nitrogens is 1. The van der Waals surface area contributed by atoms with Gasteiger partial charge in [-0.15, -0.1) is 0 Å². The highest BCUT2D eigenvalue weighted by molar-refractivity contribution is 7.71. The number of amides is 1. The van der Waals surface area contributed by atoms with E-state index in [1.807, 2.05) is 0 Å². The van der Waals surface area contributed by atoms with E-state index in [9.17, 15) is 9.59 Å². The van der Waals surface area contributed by atoms with E-state index in [0.29, 0.717) is 28.6 Å². The molecule has 0 fully saturated rings. The Morgan fingerprint density at radius 1 is 1.38 bits per heavy atom. The minimum Gasteiger partial charge on any atom is -0.469 e. The molecule has 0 aliphatic carbocycles. The van der Waals surface area contributed by atoms with Crippen molar-refractivity contribution in [2.45, 2.75) is 19.4 Å². The Morgan fingerprint density at radius 2 is 2.08 bits per heavy atom. The fourth-order valence-corrected chi connectivity index (χ4v) is 2.37. The molecule has 2 aromatic rings. The number of benzene rings is 1. The maximum Gasteiger partial charge on any atom is 0.305 e. The molecule has 0 bridgehead atoms. The second kappa shape index (κ2) is 8.60. The lowest BCUT2D eigenvalue weighted by Crippen LogP contribution is -2.29. The molecule has 1 heterocycles. The van der Waals surface area contributed by atoms with Crippen LogP contribution in [0.25, 0.3) is 11.4 Å². The molecular weight excluding hydrogens is 352 g/mol. The molecule has 1 aromatic carbocycles. The molecule has 1 amide bonds. The van der Waals surface area contributed by atoms with Gasteiger partial charge < -0.3 is 10.1 Å². The lowest BCUT2D eigenvalue weighted by molar-refractivity contribution is -0.140. The molecule has 0 spiro atoms. The molecule has 0 aliphatic rings. The Kier molecular flexibility index (Phi) is 6.51. The quantitative estimate of drug-likeness (QED) is 0.445. The fourth-order valence-electron chi connectivity index (χ4n) is 2.05. The van der Waals surface area contributed by atoms with Crippen LogP contribution in [0.3, 0.4) is 0 Å². The number of aromatic amines is 1. The molecule has 0 aliphatic heterocycles. The monoisotopic (exact) mass is 368 g/mol. The van der Waals surface area contributed by atoms with Crippen LogP contribution in [0, 0.1) is 4.77 Å². The highest BCUT2D eigenvalue weighted by atomic mass is 35.5. The lowest BCUT2D eigenvalue weighted by atomic mass is 10.2. The van der Waals surface area contributed by atoms with Crippen molar-refractivity contribution in [2.75, 3.05) is 13.7 Å². The van der Waals surface area contributed by atoms with Crippen molar-refractivity contribution in [1.82, 2.24) is 20.1 Å². The first-order valence-corrected chi connectivity index (χ1v) is 8.04. The Morgan fingerprint density at radius 3 is 2.75 bits per heavy atom. The van der Waals surface area contributed by atoms with Crippen LogP contribution < -0.4 is 5.32 Å². The Hall–Kier alpha value is -2.19. The molecule has 0 saturated heterocycles. The second-order valence-electron chi connectivity index (χ2n) is 4.98. The number of nitrogens with zero attached hydrogens (tertiary/aromatic N) is 2. The SMILES string of the molecule is COC(=O)CCCNC(=O)Cn1c(-c2ccc(Cl)cc2)n[nH]c1=S. The molecular formula is C15H17ClN4O3S. The summed E-state index contributed by atoms with van der Waals surface area (Å²) in [4.78, 5) is 23.1. The van der Waals surface area contributed by atoms with Gasteiger partial charge in [0.25, 0.3) is 0 Å². The average Bonchev–Trinajstić information content (AvgIpc) is 2.93. The van der Waals surface area contributed by atoms with E-state index in [1.54, 1.807) is 28.8 Å². The fraction of sp³-hybridized carbons (Fsp3) is 0.333. The Labute approximate surface area is 149 Å². The number of methoxy groups -OCH3 is 1. The summed E-state index contributed by atoms with van der Waals surface area (Å²) in [6.45, 7) is 0.418. The van der Waals surface area contributed by atoms with Crippen LogP contribution in [0.5, 0.6) is 0 Å². The standard InChI is InChI=1S/C15H17ClN4O3S/c1-23-13(22)3-2-8-17-12(21)9-20-14(18-19-15(20)24)10-4-6-11(16)7-5-10/h4-7H,2-3,8-9H2,1H3,(H,17,21)(H,19,24). The van der Waals surface area contributed by atoms with E-state index >= 15 is 0 Å². The summed E-state index contributed by atoms with van der Waals surface area (Å²) in [7, 11) is 1.33. The number of nitrogens with one attached hydrogen (secondary N) is 2. The number of carbonyl (C=O) groups excluding carboxylic acids is 2. The molecule has 9 heteroatoms. The summed E-state index contributed by atoms with van der Waals surface area (Å²) < 4.78 is 6.50. The summed E-state index contributed by atoms with van der Waals surface area (Å²) in [6.07, 6.45) is 0.775. The van der Waals surface area contributed by atoms with Gasteiger partial charge in [0.15, 0.2) is 10.6 Å². The van der Waals surface area contributed by atoms with Crippen molar-refractivity contribution in [3.8, 4) is 11.4 Å². The molecule has 128 valence electrons. The summed E-state index contributed by atoms with van der Waals surface area (Å²) in [5, 5.41) is 10.2. The number of halogens is 1. The second-order valence-corrected chi connectivity index (χ2v) is 5.80. The smallest absolute Gasteiger partial charge is 0.305 e. The Balaban J connectivity index is 1.98. The van der Waals surface area contributed by atoms with E-state index in [1.165, 1.54) is 7.11 Å². The van der Waals surface area contributed by atoms with Crippen molar-refractivity contribution in [2.24, 2.45) is 0 Å². The van der Waals surface area contributed by atoms with Crippen molar-refractivity contribution in [1.29, 1.82) is 0 Å². The van der Waals surface area contributed by atoms with Gasteiger partial charge in [0, 0.05) is 23.6 Å². The molecule has 0 unspecified atom stereocenters. The van der Waals surface area contributed by atoms with E-state index in [0.717, 1.165) is 5.56 Å². The van der Waals surface area contributed by atoms with Crippen LogP contribution in [0.4, 0.5) is 0 Å². The van der Waals surface area contributed by atoms with E-state index in [2.05, 4.69) is 20.3 Å². The number of esters is 1. The third kappa shape index (κ3) is 4.90. The minimum absolute atomic E-state index is 0.0333. The maximum atomic E-state index is 12.1. The van der Waals surface area contributed by atoms with Gasteiger partial charge in [0.1, 0.15) is 6.54 Å². The molecule has 7 nitrogen and oxygen atoms in total. The summed E-state index contributed by atoms with van der Waals surface area (Å²) in [5.41, 5.74) is 0.797. The molecule has 0 atom stereocenters. The van der Waals surface area contributed by atoms with Crippen LogP contribution in [0.1, 0.15) is 12.8 Å². The van der Waals surface area contributed by atoms with Gasteiger partial charge >= 0.3 is 5.97 Å². The molecule has 24 heavy (non-hydrogen) atoms. The highest BCUT2D eigenvalue weighted by Gasteiger charge is 2.12. The first-order chi connectivity index (χ1) is 11.5. The van der Waals surface area contributed by atoms with Crippen LogP contribution in [-0.4, -0.2) is 40.3 Å². The summed E-state index contributed by atoms with van der Waals surface area (Å²) in [5.74, 6) is 0.0419. The Bertz CT molecular complexity index is 770. The van der Waals surface area contributed by atoms with Gasteiger partial charge in [-0.2, -0.15) is 5.10 Å². The molecule has 0 saturated carbocycles. The number of carbonyl (C=O) groups is 2. The third-order valence-electron chi connectivity index (χ3n) is 3.27.